The standard InChI is InChI=1S/C12H12IN3O2/c1-7(2)11-10(12(17)18)14-15-16(11)9-5-3-4-8(13)6-9/h3-7H,1-2H3,(H,17,18). The normalized spacial score (nSPS) is 10.9. The molecule has 0 radical (unpaired) electrons. The highest BCUT2D eigenvalue weighted by atomic mass is 127. The lowest BCUT2D eigenvalue weighted by Crippen LogP contribution is -2.08. The summed E-state index contributed by atoms with van der Waals surface area (Å²) in [5.41, 5.74) is 1.46. The Hall–Kier alpha value is -1.44. The molecule has 18 heavy (non-hydrogen) atoms. The van der Waals surface area contributed by atoms with Gasteiger partial charge in [0.05, 0.1) is 11.4 Å². The van der Waals surface area contributed by atoms with Gasteiger partial charge < -0.3 is 5.11 Å². The van der Waals surface area contributed by atoms with Crippen molar-refractivity contribution in [3.63, 3.8) is 0 Å². The quantitative estimate of drug-likeness (QED) is 0.858. The van der Waals surface area contributed by atoms with Gasteiger partial charge in [-0.15, -0.1) is 5.10 Å². The van der Waals surface area contributed by atoms with Crippen LogP contribution in [0.15, 0.2) is 24.3 Å². The van der Waals surface area contributed by atoms with Gasteiger partial charge in [-0.05, 0) is 46.7 Å². The zero-order valence-electron chi connectivity index (χ0n) is 9.96. The summed E-state index contributed by atoms with van der Waals surface area (Å²) >= 11 is 2.20. The van der Waals surface area contributed by atoms with Gasteiger partial charge in [0.15, 0.2) is 5.69 Å². The van der Waals surface area contributed by atoms with Crippen molar-refractivity contribution in [3.05, 3.63) is 39.2 Å². The van der Waals surface area contributed by atoms with E-state index in [1.807, 2.05) is 38.1 Å². The average Bonchev–Trinajstić information content (AvgIpc) is 2.73. The Morgan fingerprint density at radius 1 is 1.44 bits per heavy atom. The third-order valence-electron chi connectivity index (χ3n) is 2.51. The fourth-order valence-corrected chi connectivity index (χ4v) is 2.28. The predicted molar refractivity (Wildman–Crippen MR) is 75.1 cm³/mol. The van der Waals surface area contributed by atoms with Gasteiger partial charge in [0.2, 0.25) is 0 Å². The minimum Gasteiger partial charge on any atom is -0.476 e. The number of carbonyl (C=O) groups is 1. The Balaban J connectivity index is 2.61. The van der Waals surface area contributed by atoms with Crippen molar-refractivity contribution in [2.45, 2.75) is 19.8 Å². The van der Waals surface area contributed by atoms with Crippen LogP contribution in [-0.4, -0.2) is 26.1 Å². The number of nitrogens with zero attached hydrogens (tertiary/aromatic N) is 3. The van der Waals surface area contributed by atoms with E-state index in [-0.39, 0.29) is 11.6 Å². The topological polar surface area (TPSA) is 68.0 Å². The van der Waals surface area contributed by atoms with Crippen molar-refractivity contribution in [1.29, 1.82) is 0 Å². The van der Waals surface area contributed by atoms with Crippen LogP contribution >= 0.6 is 22.6 Å². The van der Waals surface area contributed by atoms with Gasteiger partial charge in [-0.25, -0.2) is 9.48 Å². The molecule has 0 saturated carbocycles. The summed E-state index contributed by atoms with van der Waals surface area (Å²) in [4.78, 5) is 11.1. The monoisotopic (exact) mass is 357 g/mol. The van der Waals surface area contributed by atoms with Crippen molar-refractivity contribution in [3.8, 4) is 5.69 Å². The molecule has 0 unspecified atom stereocenters. The maximum atomic E-state index is 11.1. The molecule has 1 aromatic heterocycles. The smallest absolute Gasteiger partial charge is 0.358 e. The third kappa shape index (κ3) is 2.38. The second-order valence-corrected chi connectivity index (χ2v) is 5.42. The number of aromatic carboxylic acids is 1. The van der Waals surface area contributed by atoms with E-state index in [1.54, 1.807) is 4.68 Å². The molecule has 0 amide bonds. The molecule has 0 bridgehead atoms. The molecule has 2 aromatic rings. The van der Waals surface area contributed by atoms with E-state index in [9.17, 15) is 4.79 Å². The highest BCUT2D eigenvalue weighted by Gasteiger charge is 2.22. The summed E-state index contributed by atoms with van der Waals surface area (Å²) in [6, 6.07) is 7.69. The maximum Gasteiger partial charge on any atom is 0.358 e. The van der Waals surface area contributed by atoms with Crippen molar-refractivity contribution in [2.24, 2.45) is 0 Å². The summed E-state index contributed by atoms with van der Waals surface area (Å²) in [6.07, 6.45) is 0. The molecule has 0 aliphatic heterocycles. The van der Waals surface area contributed by atoms with Gasteiger partial charge in [-0.1, -0.05) is 25.1 Å². The van der Waals surface area contributed by atoms with Crippen LogP contribution in [0.2, 0.25) is 0 Å². The number of rotatable bonds is 3. The second-order valence-electron chi connectivity index (χ2n) is 4.17. The van der Waals surface area contributed by atoms with Crippen LogP contribution in [0.1, 0.15) is 35.9 Å². The zero-order valence-corrected chi connectivity index (χ0v) is 12.1. The van der Waals surface area contributed by atoms with Gasteiger partial charge in [-0.2, -0.15) is 0 Å². The summed E-state index contributed by atoms with van der Waals surface area (Å²) in [7, 11) is 0. The zero-order chi connectivity index (χ0) is 13.3. The van der Waals surface area contributed by atoms with E-state index in [2.05, 4.69) is 32.9 Å². The van der Waals surface area contributed by atoms with Crippen LogP contribution < -0.4 is 0 Å². The molecule has 1 heterocycles. The van der Waals surface area contributed by atoms with Crippen LogP contribution in [0, 0.1) is 3.57 Å². The highest BCUT2D eigenvalue weighted by molar-refractivity contribution is 14.1. The minimum atomic E-state index is -1.05. The molecular weight excluding hydrogens is 345 g/mol. The molecule has 94 valence electrons. The molecule has 0 fully saturated rings. The summed E-state index contributed by atoms with van der Waals surface area (Å²) in [6.45, 7) is 3.85. The lowest BCUT2D eigenvalue weighted by atomic mass is 10.1. The third-order valence-corrected chi connectivity index (χ3v) is 3.18. The van der Waals surface area contributed by atoms with Gasteiger partial charge in [0, 0.05) is 3.57 Å². The lowest BCUT2D eigenvalue weighted by Gasteiger charge is -2.09. The first kappa shape index (κ1) is 13.0. The second kappa shape index (κ2) is 5.05. The lowest BCUT2D eigenvalue weighted by molar-refractivity contribution is 0.0688. The molecule has 2 rings (SSSR count). The first-order valence-electron chi connectivity index (χ1n) is 5.45. The van der Waals surface area contributed by atoms with E-state index in [4.69, 9.17) is 5.11 Å². The first-order chi connectivity index (χ1) is 8.50. The Morgan fingerprint density at radius 3 is 2.72 bits per heavy atom. The van der Waals surface area contributed by atoms with Crippen molar-refractivity contribution >= 4 is 28.6 Å². The molecule has 5 nitrogen and oxygen atoms in total. The van der Waals surface area contributed by atoms with Crippen molar-refractivity contribution < 1.29 is 9.90 Å². The van der Waals surface area contributed by atoms with Crippen LogP contribution in [-0.2, 0) is 0 Å². The van der Waals surface area contributed by atoms with Gasteiger partial charge in [0.1, 0.15) is 0 Å². The Labute approximate surface area is 118 Å². The largest absolute Gasteiger partial charge is 0.476 e. The summed E-state index contributed by atoms with van der Waals surface area (Å²) in [5, 5.41) is 16.8. The van der Waals surface area contributed by atoms with Crippen LogP contribution in [0.4, 0.5) is 0 Å². The molecule has 0 saturated heterocycles. The fraction of sp³-hybridized carbons (Fsp3) is 0.250. The fourth-order valence-electron chi connectivity index (χ4n) is 1.76. The van der Waals surface area contributed by atoms with E-state index in [1.165, 1.54) is 0 Å². The highest BCUT2D eigenvalue weighted by Crippen LogP contribution is 2.22. The number of aromatic nitrogens is 3. The molecule has 0 atom stereocenters. The van der Waals surface area contributed by atoms with Crippen molar-refractivity contribution in [2.75, 3.05) is 0 Å². The summed E-state index contributed by atoms with van der Waals surface area (Å²) in [5.74, 6) is -1.01. The average molecular weight is 357 g/mol. The maximum absolute atomic E-state index is 11.1. The molecule has 6 heteroatoms. The number of carboxylic acids is 1. The van der Waals surface area contributed by atoms with Crippen LogP contribution in [0.3, 0.4) is 0 Å². The SMILES string of the molecule is CC(C)c1c(C(=O)O)nnn1-c1cccc(I)c1. The van der Waals surface area contributed by atoms with E-state index >= 15 is 0 Å². The van der Waals surface area contributed by atoms with Crippen LogP contribution in [0.25, 0.3) is 5.69 Å². The number of hydrogen-bond acceptors (Lipinski definition) is 3. The molecular formula is C12H12IN3O2. The number of hydrogen-bond donors (Lipinski definition) is 1. The first-order valence-corrected chi connectivity index (χ1v) is 6.53. The van der Waals surface area contributed by atoms with E-state index < -0.39 is 5.97 Å². The Bertz CT molecular complexity index is 593. The molecule has 0 aliphatic carbocycles. The number of carboxylic acid groups (broad SMARTS) is 1. The molecule has 1 N–H and O–H groups in total. The molecule has 0 aliphatic rings. The minimum absolute atomic E-state index is 0.0175. The van der Waals surface area contributed by atoms with Gasteiger partial charge in [0.25, 0.3) is 0 Å². The van der Waals surface area contributed by atoms with Gasteiger partial charge in [-0.3, -0.25) is 0 Å². The van der Waals surface area contributed by atoms with E-state index in [0.717, 1.165) is 9.26 Å². The molecule has 0 spiro atoms. The predicted octanol–water partition coefficient (Wildman–Crippen LogP) is 2.69. The summed E-state index contributed by atoms with van der Waals surface area (Å²) < 4.78 is 2.66. The Morgan fingerprint density at radius 2 is 2.17 bits per heavy atom. The van der Waals surface area contributed by atoms with Crippen molar-refractivity contribution in [1.82, 2.24) is 15.0 Å². The number of benzene rings is 1. The number of halogens is 1. The Kier molecular flexibility index (Phi) is 3.65. The van der Waals surface area contributed by atoms with Crippen LogP contribution in [0.5, 0.6) is 0 Å². The molecule has 1 aromatic carbocycles. The van der Waals surface area contributed by atoms with Gasteiger partial charge >= 0.3 is 5.97 Å². The van der Waals surface area contributed by atoms with E-state index in [0.29, 0.717) is 5.69 Å².